The number of likely N-dealkylation sites (tertiary alicyclic amines) is 1. The van der Waals surface area contributed by atoms with Gasteiger partial charge in [0.1, 0.15) is 11.9 Å². The van der Waals surface area contributed by atoms with E-state index in [1.807, 2.05) is 38.1 Å². The van der Waals surface area contributed by atoms with Crippen LogP contribution < -0.4 is 10.6 Å². The summed E-state index contributed by atoms with van der Waals surface area (Å²) in [5.41, 5.74) is 2.29. The van der Waals surface area contributed by atoms with Gasteiger partial charge in [-0.25, -0.2) is 4.98 Å². The Morgan fingerprint density at radius 1 is 1.20 bits per heavy atom. The molecule has 1 fully saturated rings. The van der Waals surface area contributed by atoms with Crippen molar-refractivity contribution in [1.82, 2.24) is 15.2 Å². The monoisotopic (exact) mass is 402 g/mol. The number of aromatic nitrogens is 1. The van der Waals surface area contributed by atoms with Crippen LogP contribution in [0.4, 0.5) is 5.82 Å². The molecule has 2 aromatic rings. The van der Waals surface area contributed by atoms with E-state index >= 15 is 0 Å². The molecule has 0 bridgehead atoms. The first-order valence-electron chi connectivity index (χ1n) is 10.1. The van der Waals surface area contributed by atoms with Gasteiger partial charge in [-0.3, -0.25) is 4.79 Å². The molecule has 1 amide bonds. The van der Waals surface area contributed by atoms with Crippen LogP contribution in [0.25, 0.3) is 11.1 Å². The Kier molecular flexibility index (Phi) is 6.66. The zero-order valence-corrected chi connectivity index (χ0v) is 17.4. The first kappa shape index (κ1) is 21.3. The van der Waals surface area contributed by atoms with E-state index in [1.165, 1.54) is 0 Å². The summed E-state index contributed by atoms with van der Waals surface area (Å²) < 4.78 is 0. The van der Waals surface area contributed by atoms with Crippen LogP contribution in [0.3, 0.4) is 0 Å². The molecule has 1 aromatic heterocycles. The number of hydrogen-bond acceptors (Lipinski definition) is 6. The molecule has 1 aliphatic rings. The van der Waals surface area contributed by atoms with Gasteiger partial charge < -0.3 is 15.5 Å². The molecule has 3 rings (SSSR count). The molecule has 1 saturated heterocycles. The SMILES string of the molecule is CC(C)(CNc1ccc(-c2ccc(C#N)cc2)cn1)NCC(=O)N1CCC[C@H]1C#N. The number of pyridine rings is 1. The van der Waals surface area contributed by atoms with Gasteiger partial charge in [-0.2, -0.15) is 10.5 Å². The largest absolute Gasteiger partial charge is 0.368 e. The van der Waals surface area contributed by atoms with Crippen LogP contribution in [0.15, 0.2) is 42.6 Å². The highest BCUT2D eigenvalue weighted by Gasteiger charge is 2.29. The van der Waals surface area contributed by atoms with Gasteiger partial charge in [0.25, 0.3) is 0 Å². The van der Waals surface area contributed by atoms with Crippen molar-refractivity contribution in [1.29, 1.82) is 10.5 Å². The van der Waals surface area contributed by atoms with E-state index in [0.717, 1.165) is 29.8 Å². The average Bonchev–Trinajstić information content (AvgIpc) is 3.26. The predicted molar refractivity (Wildman–Crippen MR) is 115 cm³/mol. The smallest absolute Gasteiger partial charge is 0.237 e. The molecular formula is C23H26N6O. The molecule has 2 heterocycles. The van der Waals surface area contributed by atoms with Gasteiger partial charge in [0.2, 0.25) is 5.91 Å². The summed E-state index contributed by atoms with van der Waals surface area (Å²) in [5, 5.41) is 24.6. The maximum Gasteiger partial charge on any atom is 0.237 e. The maximum absolute atomic E-state index is 12.4. The number of nitrogens with one attached hydrogen (secondary N) is 2. The highest BCUT2D eigenvalue weighted by atomic mass is 16.2. The van der Waals surface area contributed by atoms with Crippen molar-refractivity contribution >= 4 is 11.7 Å². The average molecular weight is 403 g/mol. The zero-order valence-electron chi connectivity index (χ0n) is 17.4. The van der Waals surface area contributed by atoms with E-state index in [9.17, 15) is 4.79 Å². The molecule has 0 spiro atoms. The van der Waals surface area contributed by atoms with E-state index in [1.54, 1.807) is 23.2 Å². The standard InChI is InChI=1S/C23H26N6O/c1-23(2,28-15-22(30)29-11-3-4-20(29)13-25)16-27-21-10-9-19(14-26-21)18-7-5-17(12-24)6-8-18/h5-10,14,20,28H,3-4,11,15-16H2,1-2H3,(H,26,27)/t20-/m0/s1. The van der Waals surface area contributed by atoms with Crippen LogP contribution in [-0.4, -0.2) is 47.0 Å². The summed E-state index contributed by atoms with van der Waals surface area (Å²) in [7, 11) is 0. The number of anilines is 1. The van der Waals surface area contributed by atoms with Crippen molar-refractivity contribution in [3.8, 4) is 23.3 Å². The molecule has 1 atom stereocenters. The zero-order chi connectivity index (χ0) is 21.6. The quantitative estimate of drug-likeness (QED) is 0.738. The van der Waals surface area contributed by atoms with Crippen molar-refractivity contribution in [2.45, 2.75) is 38.3 Å². The minimum Gasteiger partial charge on any atom is -0.368 e. The van der Waals surface area contributed by atoms with Crippen molar-refractivity contribution in [3.63, 3.8) is 0 Å². The molecule has 7 heteroatoms. The van der Waals surface area contributed by atoms with Crippen LogP contribution in [0.5, 0.6) is 0 Å². The second kappa shape index (κ2) is 9.39. The molecule has 1 aliphatic heterocycles. The fourth-order valence-electron chi connectivity index (χ4n) is 3.40. The lowest BCUT2D eigenvalue weighted by Crippen LogP contribution is -2.50. The Hall–Kier alpha value is -3.42. The fourth-order valence-corrected chi connectivity index (χ4v) is 3.40. The highest BCUT2D eigenvalue weighted by Crippen LogP contribution is 2.20. The number of nitriles is 2. The molecule has 7 nitrogen and oxygen atoms in total. The van der Waals surface area contributed by atoms with E-state index < -0.39 is 0 Å². The number of nitrogens with zero attached hydrogens (tertiary/aromatic N) is 4. The van der Waals surface area contributed by atoms with Crippen LogP contribution in [0.1, 0.15) is 32.3 Å². The van der Waals surface area contributed by atoms with E-state index in [4.69, 9.17) is 10.5 Å². The number of hydrogen-bond donors (Lipinski definition) is 2. The van der Waals surface area contributed by atoms with Gasteiger partial charge in [0.15, 0.2) is 0 Å². The minimum atomic E-state index is -0.328. The summed E-state index contributed by atoms with van der Waals surface area (Å²) in [6.07, 6.45) is 3.44. The third-order valence-electron chi connectivity index (χ3n) is 5.26. The second-order valence-corrected chi connectivity index (χ2v) is 8.09. The molecular weight excluding hydrogens is 376 g/mol. The molecule has 30 heavy (non-hydrogen) atoms. The number of rotatable bonds is 7. The third kappa shape index (κ3) is 5.34. The number of carbonyl (C=O) groups is 1. The van der Waals surface area contributed by atoms with Gasteiger partial charge in [-0.1, -0.05) is 12.1 Å². The number of amides is 1. The highest BCUT2D eigenvalue weighted by molar-refractivity contribution is 5.79. The topological polar surface area (TPSA) is 105 Å². The van der Waals surface area contributed by atoms with Crippen LogP contribution in [0.2, 0.25) is 0 Å². The first-order chi connectivity index (χ1) is 14.4. The molecule has 0 aliphatic carbocycles. The van der Waals surface area contributed by atoms with Gasteiger partial charge in [-0.15, -0.1) is 0 Å². The molecule has 154 valence electrons. The summed E-state index contributed by atoms with van der Waals surface area (Å²) >= 11 is 0. The Labute approximate surface area is 177 Å². The number of carbonyl (C=O) groups excluding carboxylic acids is 1. The summed E-state index contributed by atoms with van der Waals surface area (Å²) in [5.74, 6) is 0.717. The molecule has 0 saturated carbocycles. The molecule has 0 unspecified atom stereocenters. The molecule has 1 aromatic carbocycles. The first-order valence-corrected chi connectivity index (χ1v) is 10.1. The Morgan fingerprint density at radius 2 is 1.93 bits per heavy atom. The van der Waals surface area contributed by atoms with Crippen LogP contribution in [0, 0.1) is 22.7 Å². The van der Waals surface area contributed by atoms with Crippen molar-refractivity contribution in [2.75, 3.05) is 25.0 Å². The van der Waals surface area contributed by atoms with Crippen molar-refractivity contribution in [3.05, 3.63) is 48.2 Å². The van der Waals surface area contributed by atoms with E-state index in [2.05, 4.69) is 27.8 Å². The lowest BCUT2D eigenvalue weighted by atomic mass is 10.1. The fraction of sp³-hybridized carbons (Fsp3) is 0.391. The van der Waals surface area contributed by atoms with Crippen LogP contribution >= 0.6 is 0 Å². The van der Waals surface area contributed by atoms with E-state index in [-0.39, 0.29) is 24.0 Å². The predicted octanol–water partition coefficient (Wildman–Crippen LogP) is 2.91. The summed E-state index contributed by atoms with van der Waals surface area (Å²) in [6, 6.07) is 15.3. The number of benzene rings is 1. The molecule has 0 radical (unpaired) electrons. The van der Waals surface area contributed by atoms with Gasteiger partial charge in [-0.05, 0) is 56.5 Å². The Balaban J connectivity index is 1.50. The van der Waals surface area contributed by atoms with Gasteiger partial charge in [0.05, 0.1) is 24.2 Å². The Morgan fingerprint density at radius 3 is 2.57 bits per heavy atom. The lowest BCUT2D eigenvalue weighted by molar-refractivity contribution is -0.130. The van der Waals surface area contributed by atoms with Gasteiger partial charge >= 0.3 is 0 Å². The summed E-state index contributed by atoms with van der Waals surface area (Å²) in [6.45, 7) is 5.49. The normalized spacial score (nSPS) is 16.0. The van der Waals surface area contributed by atoms with Crippen molar-refractivity contribution in [2.24, 2.45) is 0 Å². The minimum absolute atomic E-state index is 0.0305. The lowest BCUT2D eigenvalue weighted by Gasteiger charge is -2.28. The maximum atomic E-state index is 12.4. The Bertz CT molecular complexity index is 953. The molecule has 2 N–H and O–H groups in total. The van der Waals surface area contributed by atoms with Crippen LogP contribution in [-0.2, 0) is 4.79 Å². The summed E-state index contributed by atoms with van der Waals surface area (Å²) in [4.78, 5) is 18.5. The van der Waals surface area contributed by atoms with E-state index in [0.29, 0.717) is 18.7 Å². The second-order valence-electron chi connectivity index (χ2n) is 8.09. The van der Waals surface area contributed by atoms with Gasteiger partial charge in [0, 0.05) is 30.4 Å². The van der Waals surface area contributed by atoms with Crippen molar-refractivity contribution < 1.29 is 4.79 Å². The third-order valence-corrected chi connectivity index (χ3v) is 5.26.